The van der Waals surface area contributed by atoms with E-state index in [1.807, 2.05) is 0 Å². The first kappa shape index (κ1) is 14.8. The Bertz CT molecular complexity index is 477. The van der Waals surface area contributed by atoms with Gasteiger partial charge in [0.05, 0.1) is 18.8 Å². The monoisotopic (exact) mass is 289 g/mol. The first-order valence-corrected chi connectivity index (χ1v) is 8.35. The molecule has 1 aromatic heterocycles. The third-order valence-electron chi connectivity index (χ3n) is 4.70. The lowest BCUT2D eigenvalue weighted by atomic mass is 10.1. The summed E-state index contributed by atoms with van der Waals surface area (Å²) in [6.07, 6.45) is 5.32. The van der Waals surface area contributed by atoms with Crippen molar-refractivity contribution in [1.29, 1.82) is 0 Å². The molecule has 3 rings (SSSR count). The van der Waals surface area contributed by atoms with Gasteiger partial charge in [0.1, 0.15) is 5.82 Å². The van der Waals surface area contributed by atoms with E-state index >= 15 is 0 Å². The predicted molar refractivity (Wildman–Crippen MR) is 85.7 cm³/mol. The topological polar surface area (TPSA) is 37.4 Å². The molecule has 1 aromatic rings. The fourth-order valence-corrected chi connectivity index (χ4v) is 3.53. The minimum Gasteiger partial charge on any atom is -0.374 e. The lowest BCUT2D eigenvalue weighted by molar-refractivity contribution is 0.0253. The van der Waals surface area contributed by atoms with Gasteiger partial charge in [0, 0.05) is 18.8 Å². The highest BCUT2D eigenvalue weighted by atomic mass is 16.5. The molecule has 116 valence electrons. The molecule has 0 amide bonds. The summed E-state index contributed by atoms with van der Waals surface area (Å²) >= 11 is 0. The van der Waals surface area contributed by atoms with Crippen molar-refractivity contribution in [2.75, 3.05) is 24.6 Å². The van der Waals surface area contributed by atoms with Crippen molar-refractivity contribution in [1.82, 2.24) is 10.3 Å². The Morgan fingerprint density at radius 3 is 3.10 bits per heavy atom. The quantitative estimate of drug-likeness (QED) is 0.846. The molecule has 2 aliphatic rings. The largest absolute Gasteiger partial charge is 0.374 e. The van der Waals surface area contributed by atoms with Crippen molar-refractivity contribution in [2.24, 2.45) is 0 Å². The third kappa shape index (κ3) is 3.22. The molecule has 2 atom stereocenters. The minimum atomic E-state index is 0.423. The molecule has 0 spiro atoms. The number of pyridine rings is 1. The van der Waals surface area contributed by atoms with Gasteiger partial charge in [0.15, 0.2) is 0 Å². The number of aromatic nitrogens is 1. The first-order chi connectivity index (χ1) is 10.3. The van der Waals surface area contributed by atoms with E-state index in [1.54, 1.807) is 0 Å². The second-order valence-electron chi connectivity index (χ2n) is 6.19. The van der Waals surface area contributed by atoms with Crippen LogP contribution in [0, 0.1) is 6.92 Å². The molecule has 1 saturated carbocycles. The van der Waals surface area contributed by atoms with Crippen molar-refractivity contribution in [3.05, 3.63) is 23.4 Å². The number of nitrogens with zero attached hydrogens (tertiary/aromatic N) is 2. The first-order valence-electron chi connectivity index (χ1n) is 8.35. The average molecular weight is 289 g/mol. The average Bonchev–Trinajstić information content (AvgIpc) is 2.97. The zero-order valence-corrected chi connectivity index (χ0v) is 13.3. The smallest absolute Gasteiger partial charge is 0.129 e. The van der Waals surface area contributed by atoms with Crippen LogP contribution in [0.3, 0.4) is 0 Å². The number of anilines is 1. The molecule has 4 heteroatoms. The van der Waals surface area contributed by atoms with E-state index in [2.05, 4.69) is 36.2 Å². The number of nitrogens with one attached hydrogen (secondary N) is 1. The highest BCUT2D eigenvalue weighted by Gasteiger charge is 2.36. The van der Waals surface area contributed by atoms with Crippen molar-refractivity contribution in [2.45, 2.75) is 58.2 Å². The molecule has 0 bridgehead atoms. The predicted octanol–water partition coefficient (Wildman–Crippen LogP) is 2.65. The fourth-order valence-electron chi connectivity index (χ4n) is 3.53. The molecule has 21 heavy (non-hydrogen) atoms. The highest BCUT2D eigenvalue weighted by Crippen LogP contribution is 2.32. The van der Waals surface area contributed by atoms with Crippen LogP contribution in [0.4, 0.5) is 5.82 Å². The van der Waals surface area contributed by atoms with Crippen molar-refractivity contribution in [3.8, 4) is 0 Å². The molecule has 1 N–H and O–H groups in total. The van der Waals surface area contributed by atoms with Crippen LogP contribution in [0.15, 0.2) is 12.1 Å². The number of morpholine rings is 1. The van der Waals surface area contributed by atoms with E-state index in [9.17, 15) is 0 Å². The van der Waals surface area contributed by atoms with Crippen LogP contribution in [-0.2, 0) is 11.3 Å². The highest BCUT2D eigenvalue weighted by molar-refractivity contribution is 5.44. The van der Waals surface area contributed by atoms with Gasteiger partial charge in [-0.3, -0.25) is 0 Å². The lowest BCUT2D eigenvalue weighted by Crippen LogP contribution is -2.49. The van der Waals surface area contributed by atoms with Crippen LogP contribution in [0.5, 0.6) is 0 Å². The van der Waals surface area contributed by atoms with Gasteiger partial charge in [0.25, 0.3) is 0 Å². The SMILES string of the molecule is CCCNCc1ccc(N2CCOC3CCCC32)nc1C. The Morgan fingerprint density at radius 2 is 2.29 bits per heavy atom. The maximum Gasteiger partial charge on any atom is 0.129 e. The summed E-state index contributed by atoms with van der Waals surface area (Å²) < 4.78 is 5.89. The Labute approximate surface area is 127 Å². The van der Waals surface area contributed by atoms with Crippen LogP contribution in [-0.4, -0.2) is 36.8 Å². The summed E-state index contributed by atoms with van der Waals surface area (Å²) in [4.78, 5) is 7.34. The minimum absolute atomic E-state index is 0.423. The standard InChI is InChI=1S/C17H27N3O/c1-3-9-18-12-14-7-8-17(19-13(14)2)20-10-11-21-16-6-4-5-15(16)20/h7-8,15-16,18H,3-6,9-12H2,1-2H3. The molecular weight excluding hydrogens is 262 g/mol. The lowest BCUT2D eigenvalue weighted by Gasteiger charge is -2.38. The molecule has 0 radical (unpaired) electrons. The molecule has 2 heterocycles. The van der Waals surface area contributed by atoms with Crippen molar-refractivity contribution in [3.63, 3.8) is 0 Å². The summed E-state index contributed by atoms with van der Waals surface area (Å²) in [7, 11) is 0. The van der Waals surface area contributed by atoms with Gasteiger partial charge in [-0.1, -0.05) is 13.0 Å². The molecule has 4 nitrogen and oxygen atoms in total. The van der Waals surface area contributed by atoms with Gasteiger partial charge in [-0.15, -0.1) is 0 Å². The number of aryl methyl sites for hydroxylation is 1. The molecule has 1 saturated heterocycles. The molecule has 2 unspecified atom stereocenters. The van der Waals surface area contributed by atoms with Gasteiger partial charge >= 0.3 is 0 Å². The zero-order chi connectivity index (χ0) is 14.7. The Balaban J connectivity index is 1.72. The molecule has 1 aliphatic carbocycles. The van der Waals surface area contributed by atoms with Crippen molar-refractivity contribution >= 4 is 5.82 Å². The van der Waals surface area contributed by atoms with E-state index in [-0.39, 0.29) is 0 Å². The van der Waals surface area contributed by atoms with Gasteiger partial charge in [0.2, 0.25) is 0 Å². The summed E-state index contributed by atoms with van der Waals surface area (Å²) in [5.41, 5.74) is 2.46. The summed E-state index contributed by atoms with van der Waals surface area (Å²) in [6, 6.07) is 4.96. The van der Waals surface area contributed by atoms with E-state index in [4.69, 9.17) is 9.72 Å². The van der Waals surface area contributed by atoms with Gasteiger partial charge < -0.3 is 15.0 Å². The maximum absolute atomic E-state index is 5.89. The molecular formula is C17H27N3O. The van der Waals surface area contributed by atoms with Crippen LogP contribution in [0.2, 0.25) is 0 Å². The second-order valence-corrected chi connectivity index (χ2v) is 6.19. The van der Waals surface area contributed by atoms with E-state index < -0.39 is 0 Å². The van der Waals surface area contributed by atoms with E-state index in [0.717, 1.165) is 37.8 Å². The van der Waals surface area contributed by atoms with Gasteiger partial charge in [-0.25, -0.2) is 4.98 Å². The summed E-state index contributed by atoms with van der Waals surface area (Å²) in [5, 5.41) is 3.45. The van der Waals surface area contributed by atoms with Gasteiger partial charge in [-0.05, 0) is 50.8 Å². The summed E-state index contributed by atoms with van der Waals surface area (Å²) in [6.45, 7) is 8.11. The van der Waals surface area contributed by atoms with Crippen LogP contribution in [0.25, 0.3) is 0 Å². The molecule has 2 fully saturated rings. The number of fused-ring (bicyclic) bond motifs is 1. The number of hydrogen-bond donors (Lipinski definition) is 1. The van der Waals surface area contributed by atoms with Gasteiger partial charge in [-0.2, -0.15) is 0 Å². The summed E-state index contributed by atoms with van der Waals surface area (Å²) in [5.74, 6) is 1.13. The number of ether oxygens (including phenoxy) is 1. The third-order valence-corrected chi connectivity index (χ3v) is 4.70. The van der Waals surface area contributed by atoms with E-state index in [0.29, 0.717) is 12.1 Å². The zero-order valence-electron chi connectivity index (χ0n) is 13.3. The number of rotatable bonds is 5. The Hall–Kier alpha value is -1.13. The van der Waals surface area contributed by atoms with Crippen LogP contribution >= 0.6 is 0 Å². The fraction of sp³-hybridized carbons (Fsp3) is 0.706. The normalized spacial score (nSPS) is 25.1. The second kappa shape index (κ2) is 6.75. The Morgan fingerprint density at radius 1 is 1.38 bits per heavy atom. The molecule has 0 aromatic carbocycles. The van der Waals surface area contributed by atoms with Crippen molar-refractivity contribution < 1.29 is 4.74 Å². The van der Waals surface area contributed by atoms with Crippen LogP contribution < -0.4 is 10.2 Å². The Kier molecular flexibility index (Phi) is 4.76. The maximum atomic E-state index is 5.89. The molecule has 1 aliphatic heterocycles. The number of hydrogen-bond acceptors (Lipinski definition) is 4. The van der Waals surface area contributed by atoms with Crippen LogP contribution in [0.1, 0.15) is 43.9 Å². The van der Waals surface area contributed by atoms with E-state index in [1.165, 1.54) is 31.2 Å².